The van der Waals surface area contributed by atoms with Crippen LogP contribution in [-0.4, -0.2) is 5.78 Å². The summed E-state index contributed by atoms with van der Waals surface area (Å²) in [4.78, 5) is 12.6. The third kappa shape index (κ3) is 2.36. The van der Waals surface area contributed by atoms with Crippen LogP contribution >= 0.6 is 27.3 Å². The van der Waals surface area contributed by atoms with E-state index in [9.17, 15) is 13.6 Å². The third-order valence-electron chi connectivity index (χ3n) is 2.42. The van der Waals surface area contributed by atoms with Gasteiger partial charge in [0.2, 0.25) is 0 Å². The molecular weight excluding hydrogens is 324 g/mol. The molecule has 0 saturated heterocycles. The number of benzene rings is 1. The summed E-state index contributed by atoms with van der Waals surface area (Å²) >= 11 is 4.18. The quantitative estimate of drug-likeness (QED) is 0.688. The second-order valence-electron chi connectivity index (χ2n) is 3.58. The van der Waals surface area contributed by atoms with Gasteiger partial charge in [-0.05, 0) is 39.5 Å². The summed E-state index contributed by atoms with van der Waals surface area (Å²) in [5.74, 6) is -2.60. The van der Waals surface area contributed by atoms with Crippen molar-refractivity contribution in [1.29, 1.82) is 0 Å². The number of rotatable bonds is 3. The minimum absolute atomic E-state index is 0.0330. The van der Waals surface area contributed by atoms with Crippen molar-refractivity contribution in [3.63, 3.8) is 0 Å². The van der Waals surface area contributed by atoms with E-state index in [4.69, 9.17) is 5.73 Å². The van der Waals surface area contributed by atoms with Crippen LogP contribution in [0.5, 0.6) is 0 Å². The summed E-state index contributed by atoms with van der Waals surface area (Å²) in [6, 6.07) is 4.56. The van der Waals surface area contributed by atoms with Crippen molar-refractivity contribution < 1.29 is 13.6 Å². The lowest BCUT2D eigenvalue weighted by molar-refractivity contribution is 0.0954. The van der Waals surface area contributed by atoms with Crippen LogP contribution in [0.3, 0.4) is 0 Å². The van der Waals surface area contributed by atoms with Gasteiger partial charge in [0.05, 0.1) is 10.0 Å². The maximum absolute atomic E-state index is 13.8. The Balaban J connectivity index is 2.44. The van der Waals surface area contributed by atoms with Crippen molar-refractivity contribution in [2.45, 2.75) is 6.04 Å². The molecule has 2 rings (SSSR count). The molecule has 18 heavy (non-hydrogen) atoms. The summed E-state index contributed by atoms with van der Waals surface area (Å²) in [5, 5.41) is 1.75. The van der Waals surface area contributed by atoms with Gasteiger partial charge in [0, 0.05) is 4.88 Å². The standard InChI is InChI=1S/C12H8BrF2NOS/c13-6-3-4-7(14)9(10(6)15)12(17)11(16)8-2-1-5-18-8/h1-5,11H,16H2. The Bertz CT molecular complexity index is 586. The number of hydrogen-bond donors (Lipinski definition) is 1. The van der Waals surface area contributed by atoms with E-state index < -0.39 is 29.0 Å². The lowest BCUT2D eigenvalue weighted by Crippen LogP contribution is -2.22. The topological polar surface area (TPSA) is 43.1 Å². The van der Waals surface area contributed by atoms with Gasteiger partial charge in [-0.1, -0.05) is 6.07 Å². The smallest absolute Gasteiger partial charge is 0.190 e. The van der Waals surface area contributed by atoms with Crippen molar-refractivity contribution in [1.82, 2.24) is 0 Å². The normalized spacial score (nSPS) is 12.4. The molecule has 0 fully saturated rings. The maximum Gasteiger partial charge on any atom is 0.190 e. The van der Waals surface area contributed by atoms with Gasteiger partial charge in [0.1, 0.15) is 11.9 Å². The van der Waals surface area contributed by atoms with Gasteiger partial charge in [0.15, 0.2) is 11.6 Å². The molecule has 0 aliphatic rings. The number of carbonyl (C=O) groups is 1. The van der Waals surface area contributed by atoms with Gasteiger partial charge in [-0.3, -0.25) is 4.79 Å². The average Bonchev–Trinajstić information content (AvgIpc) is 2.87. The van der Waals surface area contributed by atoms with Crippen LogP contribution in [0.25, 0.3) is 0 Å². The molecule has 94 valence electrons. The highest BCUT2D eigenvalue weighted by molar-refractivity contribution is 9.10. The van der Waals surface area contributed by atoms with Gasteiger partial charge < -0.3 is 5.73 Å². The fourth-order valence-corrected chi connectivity index (χ4v) is 2.56. The Morgan fingerprint density at radius 1 is 1.33 bits per heavy atom. The monoisotopic (exact) mass is 331 g/mol. The Morgan fingerprint density at radius 2 is 2.06 bits per heavy atom. The second kappa shape index (κ2) is 5.26. The van der Waals surface area contributed by atoms with Gasteiger partial charge in [-0.15, -0.1) is 11.3 Å². The van der Waals surface area contributed by atoms with Crippen molar-refractivity contribution >= 4 is 33.0 Å². The molecule has 1 heterocycles. The molecule has 0 saturated carbocycles. The highest BCUT2D eigenvalue weighted by atomic mass is 79.9. The maximum atomic E-state index is 13.8. The SMILES string of the molecule is NC(C(=O)c1c(F)ccc(Br)c1F)c1cccs1. The summed E-state index contributed by atoms with van der Waals surface area (Å²) < 4.78 is 27.3. The number of halogens is 3. The number of ketones is 1. The molecule has 6 heteroatoms. The van der Waals surface area contributed by atoms with Crippen LogP contribution in [0, 0.1) is 11.6 Å². The molecule has 0 aliphatic heterocycles. The highest BCUT2D eigenvalue weighted by Gasteiger charge is 2.26. The molecule has 2 N–H and O–H groups in total. The number of nitrogens with two attached hydrogens (primary N) is 1. The van der Waals surface area contributed by atoms with Crippen LogP contribution in [-0.2, 0) is 0 Å². The van der Waals surface area contributed by atoms with Crippen LogP contribution in [0.1, 0.15) is 21.3 Å². The van der Waals surface area contributed by atoms with Gasteiger partial charge in [0.25, 0.3) is 0 Å². The fraction of sp³-hybridized carbons (Fsp3) is 0.0833. The third-order valence-corrected chi connectivity index (χ3v) is 3.99. The van der Waals surface area contributed by atoms with Gasteiger partial charge >= 0.3 is 0 Å². The molecule has 2 nitrogen and oxygen atoms in total. The Kier molecular flexibility index (Phi) is 3.89. The predicted octanol–water partition coefficient (Wildman–Crippen LogP) is 3.67. The van der Waals surface area contributed by atoms with Crippen LogP contribution in [0.15, 0.2) is 34.1 Å². The Morgan fingerprint density at radius 3 is 2.67 bits per heavy atom. The Hall–Kier alpha value is -1.11. The van der Waals surface area contributed by atoms with Crippen molar-refractivity contribution in [3.05, 3.63) is 56.2 Å². The first-order valence-electron chi connectivity index (χ1n) is 4.99. The largest absolute Gasteiger partial charge is 0.317 e. The second-order valence-corrected chi connectivity index (χ2v) is 5.41. The van der Waals surface area contributed by atoms with E-state index in [0.717, 1.165) is 6.07 Å². The Labute approximate surface area is 115 Å². The van der Waals surface area contributed by atoms with E-state index in [1.807, 2.05) is 0 Å². The predicted molar refractivity (Wildman–Crippen MR) is 69.6 cm³/mol. The fourth-order valence-electron chi connectivity index (χ4n) is 1.51. The van der Waals surface area contributed by atoms with Gasteiger partial charge in [-0.25, -0.2) is 8.78 Å². The summed E-state index contributed by atoms with van der Waals surface area (Å²) in [6.07, 6.45) is 0. The summed E-state index contributed by atoms with van der Waals surface area (Å²) in [5.41, 5.74) is 5.11. The molecule has 1 aromatic heterocycles. The lowest BCUT2D eigenvalue weighted by Gasteiger charge is -2.10. The molecule has 1 aromatic carbocycles. The average molecular weight is 332 g/mol. The zero-order chi connectivity index (χ0) is 13.3. The molecule has 0 radical (unpaired) electrons. The van der Waals surface area contributed by atoms with E-state index in [2.05, 4.69) is 15.9 Å². The zero-order valence-corrected chi connectivity index (χ0v) is 11.4. The number of carbonyl (C=O) groups excluding carboxylic acids is 1. The number of thiophene rings is 1. The van der Waals surface area contributed by atoms with E-state index in [-0.39, 0.29) is 4.47 Å². The lowest BCUT2D eigenvalue weighted by atomic mass is 10.0. The van der Waals surface area contributed by atoms with Crippen LogP contribution in [0.2, 0.25) is 0 Å². The van der Waals surface area contributed by atoms with Crippen molar-refractivity contribution in [2.24, 2.45) is 5.73 Å². The summed E-state index contributed by atoms with van der Waals surface area (Å²) in [7, 11) is 0. The number of hydrogen-bond acceptors (Lipinski definition) is 3. The van der Waals surface area contributed by atoms with E-state index in [0.29, 0.717) is 4.88 Å². The van der Waals surface area contributed by atoms with Crippen molar-refractivity contribution in [2.75, 3.05) is 0 Å². The first-order valence-corrected chi connectivity index (χ1v) is 6.66. The highest BCUT2D eigenvalue weighted by Crippen LogP contribution is 2.27. The van der Waals surface area contributed by atoms with E-state index >= 15 is 0 Å². The number of Topliss-reactive ketones (excluding diaryl/α,β-unsaturated/α-hetero) is 1. The molecule has 0 amide bonds. The van der Waals surface area contributed by atoms with Crippen molar-refractivity contribution in [3.8, 4) is 0 Å². The molecule has 2 aromatic rings. The zero-order valence-electron chi connectivity index (χ0n) is 8.99. The molecule has 0 bridgehead atoms. The summed E-state index contributed by atoms with van der Waals surface area (Å²) in [6.45, 7) is 0. The van der Waals surface area contributed by atoms with Gasteiger partial charge in [-0.2, -0.15) is 0 Å². The first-order chi connectivity index (χ1) is 8.52. The van der Waals surface area contributed by atoms with Crippen LogP contribution < -0.4 is 5.73 Å². The molecule has 1 atom stereocenters. The molecule has 1 unspecified atom stereocenters. The minimum Gasteiger partial charge on any atom is -0.317 e. The van der Waals surface area contributed by atoms with Crippen LogP contribution in [0.4, 0.5) is 8.78 Å². The van der Waals surface area contributed by atoms with E-state index in [1.54, 1.807) is 17.5 Å². The molecule has 0 spiro atoms. The molecule has 0 aliphatic carbocycles. The molecular formula is C12H8BrF2NOS. The first kappa shape index (κ1) is 13.3. The minimum atomic E-state index is -1.05. The van der Waals surface area contributed by atoms with E-state index in [1.165, 1.54) is 17.4 Å².